The summed E-state index contributed by atoms with van der Waals surface area (Å²) >= 11 is 1.63. The van der Waals surface area contributed by atoms with Crippen LogP contribution < -0.4 is 5.48 Å². The zero-order valence-electron chi connectivity index (χ0n) is 8.45. The van der Waals surface area contributed by atoms with Crippen LogP contribution >= 0.6 is 11.3 Å². The minimum absolute atomic E-state index is 0.0363. The molecule has 0 saturated heterocycles. The number of hydrogen-bond donors (Lipinski definition) is 1. The first-order valence-electron chi connectivity index (χ1n) is 4.70. The fourth-order valence-corrected chi connectivity index (χ4v) is 1.49. The smallest absolute Gasteiger partial charge is 0.327 e. The summed E-state index contributed by atoms with van der Waals surface area (Å²) < 4.78 is 0. The van der Waals surface area contributed by atoms with E-state index in [9.17, 15) is 4.79 Å². The van der Waals surface area contributed by atoms with Gasteiger partial charge in [-0.3, -0.25) is 4.79 Å². The average molecular weight is 213 g/mol. The number of nitrogens with one attached hydrogen (secondary N) is 1. The van der Waals surface area contributed by atoms with Gasteiger partial charge in [0.05, 0.1) is 12.5 Å². The zero-order valence-corrected chi connectivity index (χ0v) is 9.26. The van der Waals surface area contributed by atoms with E-state index in [4.69, 9.17) is 4.84 Å². The third-order valence-corrected chi connectivity index (χ3v) is 2.89. The van der Waals surface area contributed by atoms with Crippen molar-refractivity contribution in [1.82, 2.24) is 5.48 Å². The van der Waals surface area contributed by atoms with Crippen molar-refractivity contribution in [1.29, 1.82) is 0 Å². The molecule has 0 radical (unpaired) electrons. The number of carbonyl (C=O) groups excluding carboxylic acids is 1. The maximum absolute atomic E-state index is 11.2. The minimum atomic E-state index is -0.191. The molecule has 1 atom stereocenters. The second-order valence-electron chi connectivity index (χ2n) is 3.13. The topological polar surface area (TPSA) is 38.3 Å². The van der Waals surface area contributed by atoms with Crippen LogP contribution in [0.3, 0.4) is 0 Å². The highest BCUT2D eigenvalue weighted by atomic mass is 32.1. The first-order valence-corrected chi connectivity index (χ1v) is 5.58. The summed E-state index contributed by atoms with van der Waals surface area (Å²) in [6, 6.07) is 3.97. The molecular weight excluding hydrogens is 198 g/mol. The Morgan fingerprint density at radius 3 is 3.07 bits per heavy atom. The summed E-state index contributed by atoms with van der Waals surface area (Å²) in [5.74, 6) is -0.227. The van der Waals surface area contributed by atoms with Crippen molar-refractivity contribution in [2.24, 2.45) is 5.92 Å². The number of hydrogen-bond acceptors (Lipinski definition) is 4. The van der Waals surface area contributed by atoms with Crippen LogP contribution in [0.5, 0.6) is 0 Å². The molecule has 0 aromatic carbocycles. The molecule has 0 bridgehead atoms. The van der Waals surface area contributed by atoms with Crippen LogP contribution in [0.1, 0.15) is 25.1 Å². The molecule has 1 N–H and O–H groups in total. The van der Waals surface area contributed by atoms with Gasteiger partial charge in [-0.15, -0.1) is 16.8 Å². The summed E-state index contributed by atoms with van der Waals surface area (Å²) in [4.78, 5) is 17.3. The standard InChI is InChI=1S/C10H15NO2S/c1-3-8(2)10(12)13-11-7-9-5-4-6-14-9/h4-6,8,11H,3,7H2,1-2H3. The van der Waals surface area contributed by atoms with E-state index in [1.54, 1.807) is 11.3 Å². The molecule has 0 fully saturated rings. The van der Waals surface area contributed by atoms with Crippen molar-refractivity contribution in [2.75, 3.05) is 0 Å². The molecule has 0 aliphatic carbocycles. The summed E-state index contributed by atoms with van der Waals surface area (Å²) in [5, 5.41) is 1.99. The van der Waals surface area contributed by atoms with E-state index in [0.717, 1.165) is 11.3 Å². The van der Waals surface area contributed by atoms with Crippen molar-refractivity contribution < 1.29 is 9.63 Å². The fraction of sp³-hybridized carbons (Fsp3) is 0.500. The summed E-state index contributed by atoms with van der Waals surface area (Å²) in [6.07, 6.45) is 0.805. The van der Waals surface area contributed by atoms with Crippen LogP contribution in [-0.4, -0.2) is 5.97 Å². The van der Waals surface area contributed by atoms with E-state index < -0.39 is 0 Å². The van der Waals surface area contributed by atoms with Gasteiger partial charge < -0.3 is 4.84 Å². The predicted octanol–water partition coefficient (Wildman–Crippen LogP) is 2.34. The lowest BCUT2D eigenvalue weighted by Crippen LogP contribution is -2.23. The Morgan fingerprint density at radius 1 is 1.71 bits per heavy atom. The molecule has 0 saturated carbocycles. The van der Waals surface area contributed by atoms with Crippen LogP contribution in [0.4, 0.5) is 0 Å². The van der Waals surface area contributed by atoms with Crippen molar-refractivity contribution in [3.8, 4) is 0 Å². The first kappa shape index (κ1) is 11.2. The molecule has 0 amide bonds. The Bertz CT molecular complexity index is 272. The molecule has 1 unspecified atom stereocenters. The van der Waals surface area contributed by atoms with Gasteiger partial charge in [-0.05, 0) is 17.9 Å². The molecule has 3 nitrogen and oxygen atoms in total. The fourth-order valence-electron chi connectivity index (χ4n) is 0.859. The lowest BCUT2D eigenvalue weighted by molar-refractivity contribution is -0.156. The van der Waals surface area contributed by atoms with Gasteiger partial charge in [0.25, 0.3) is 0 Å². The molecule has 1 aromatic rings. The third kappa shape index (κ3) is 3.47. The van der Waals surface area contributed by atoms with Gasteiger partial charge in [-0.1, -0.05) is 19.9 Å². The molecule has 14 heavy (non-hydrogen) atoms. The summed E-state index contributed by atoms with van der Waals surface area (Å²) in [5.41, 5.74) is 2.66. The molecule has 4 heteroatoms. The highest BCUT2D eigenvalue weighted by molar-refractivity contribution is 7.09. The van der Waals surface area contributed by atoms with Crippen LogP contribution in [0, 0.1) is 5.92 Å². The van der Waals surface area contributed by atoms with Crippen molar-refractivity contribution >= 4 is 17.3 Å². The van der Waals surface area contributed by atoms with Crippen molar-refractivity contribution in [3.05, 3.63) is 22.4 Å². The van der Waals surface area contributed by atoms with Crippen molar-refractivity contribution in [3.63, 3.8) is 0 Å². The Labute approximate surface area is 88.0 Å². The second kappa shape index (κ2) is 5.78. The first-order chi connectivity index (χ1) is 6.74. The third-order valence-electron chi connectivity index (χ3n) is 2.01. The molecule has 0 spiro atoms. The second-order valence-corrected chi connectivity index (χ2v) is 4.16. The van der Waals surface area contributed by atoms with E-state index in [-0.39, 0.29) is 11.9 Å². The van der Waals surface area contributed by atoms with Crippen molar-refractivity contribution in [2.45, 2.75) is 26.8 Å². The summed E-state index contributed by atoms with van der Waals surface area (Å²) in [7, 11) is 0. The lowest BCUT2D eigenvalue weighted by Gasteiger charge is -2.08. The average Bonchev–Trinajstić information content (AvgIpc) is 2.69. The molecule has 0 aliphatic rings. The predicted molar refractivity (Wildman–Crippen MR) is 56.7 cm³/mol. The maximum atomic E-state index is 11.2. The van der Waals surface area contributed by atoms with E-state index in [0.29, 0.717) is 6.54 Å². The van der Waals surface area contributed by atoms with Crippen LogP contribution in [0.2, 0.25) is 0 Å². The number of thiophene rings is 1. The largest absolute Gasteiger partial charge is 0.370 e. The minimum Gasteiger partial charge on any atom is -0.370 e. The maximum Gasteiger partial charge on any atom is 0.327 e. The number of rotatable bonds is 5. The molecule has 1 aromatic heterocycles. The lowest BCUT2D eigenvalue weighted by atomic mass is 10.1. The van der Waals surface area contributed by atoms with Crippen LogP contribution in [0.15, 0.2) is 17.5 Å². The highest BCUT2D eigenvalue weighted by Crippen LogP contribution is 2.08. The molecule has 1 heterocycles. The monoisotopic (exact) mass is 213 g/mol. The van der Waals surface area contributed by atoms with Gasteiger partial charge in [-0.2, -0.15) is 0 Å². The van der Waals surface area contributed by atoms with Crippen LogP contribution in [0.25, 0.3) is 0 Å². The molecular formula is C10H15NO2S. The Morgan fingerprint density at radius 2 is 2.50 bits per heavy atom. The van der Waals surface area contributed by atoms with E-state index >= 15 is 0 Å². The number of hydroxylamine groups is 1. The van der Waals surface area contributed by atoms with Gasteiger partial charge >= 0.3 is 5.97 Å². The normalized spacial score (nSPS) is 12.4. The quantitative estimate of drug-likeness (QED) is 0.763. The molecule has 1 rings (SSSR count). The van der Waals surface area contributed by atoms with E-state index in [1.165, 1.54) is 0 Å². The number of carbonyl (C=O) groups is 1. The van der Waals surface area contributed by atoms with E-state index in [2.05, 4.69) is 5.48 Å². The Hall–Kier alpha value is -0.870. The van der Waals surface area contributed by atoms with Gasteiger partial charge in [-0.25, -0.2) is 0 Å². The molecule has 0 aliphatic heterocycles. The zero-order chi connectivity index (χ0) is 10.4. The Balaban J connectivity index is 2.18. The Kier molecular flexibility index (Phi) is 4.62. The summed E-state index contributed by atoms with van der Waals surface area (Å²) in [6.45, 7) is 4.40. The highest BCUT2D eigenvalue weighted by Gasteiger charge is 2.11. The van der Waals surface area contributed by atoms with Gasteiger partial charge in [0, 0.05) is 4.88 Å². The van der Waals surface area contributed by atoms with Gasteiger partial charge in [0.1, 0.15) is 0 Å². The van der Waals surface area contributed by atoms with Gasteiger partial charge in [0.2, 0.25) is 0 Å². The van der Waals surface area contributed by atoms with E-state index in [1.807, 2.05) is 31.4 Å². The van der Waals surface area contributed by atoms with Crippen LogP contribution in [-0.2, 0) is 16.2 Å². The SMILES string of the molecule is CCC(C)C(=O)ONCc1cccs1. The molecule has 78 valence electrons. The van der Waals surface area contributed by atoms with Gasteiger partial charge in [0.15, 0.2) is 0 Å².